The Morgan fingerprint density at radius 2 is 2.19 bits per heavy atom. The molecule has 0 aromatic carbocycles. The molecule has 0 aliphatic carbocycles. The smallest absolute Gasteiger partial charge is 0.234 e. The van der Waals surface area contributed by atoms with Crippen molar-refractivity contribution in [3.05, 3.63) is 52.5 Å². The molecular weight excluding hydrogens is 386 g/mol. The van der Waals surface area contributed by atoms with Crippen LogP contribution in [-0.2, 0) is 25.8 Å². The molecule has 27 heavy (non-hydrogen) atoms. The fourth-order valence-corrected chi connectivity index (χ4v) is 5.79. The number of hydrogen-bond acceptors (Lipinski definition) is 7. The van der Waals surface area contributed by atoms with E-state index in [2.05, 4.69) is 15.6 Å². The van der Waals surface area contributed by atoms with E-state index in [0.717, 1.165) is 10.6 Å². The Morgan fingerprint density at radius 1 is 1.33 bits per heavy atom. The molecule has 0 radical (unpaired) electrons. The summed E-state index contributed by atoms with van der Waals surface area (Å²) in [6.07, 6.45) is 1.92. The molecule has 1 aliphatic rings. The highest BCUT2D eigenvalue weighted by atomic mass is 32.2. The minimum absolute atomic E-state index is 0.0161. The van der Waals surface area contributed by atoms with Crippen LogP contribution in [0.15, 0.2) is 41.9 Å². The fraction of sp³-hybridized carbons (Fsp3) is 0.444. The van der Waals surface area contributed by atoms with E-state index in [4.69, 9.17) is 4.74 Å². The Bertz CT molecular complexity index is 841. The van der Waals surface area contributed by atoms with Crippen molar-refractivity contribution in [2.45, 2.75) is 24.6 Å². The molecule has 3 rings (SSSR count). The number of rotatable bonds is 8. The van der Waals surface area contributed by atoms with Crippen molar-refractivity contribution in [3.8, 4) is 0 Å². The van der Waals surface area contributed by atoms with Crippen LogP contribution in [0.25, 0.3) is 0 Å². The molecule has 0 bridgehead atoms. The molecule has 1 aliphatic heterocycles. The summed E-state index contributed by atoms with van der Waals surface area (Å²) < 4.78 is 28.8. The maximum absolute atomic E-state index is 12.5. The van der Waals surface area contributed by atoms with Crippen LogP contribution in [-0.4, -0.2) is 56.6 Å². The zero-order valence-corrected chi connectivity index (χ0v) is 16.6. The number of hydrogen-bond donors (Lipinski definition) is 2. The van der Waals surface area contributed by atoms with Crippen LogP contribution < -0.4 is 10.6 Å². The first-order valence-corrected chi connectivity index (χ1v) is 11.4. The van der Waals surface area contributed by atoms with Gasteiger partial charge in [0.2, 0.25) is 5.91 Å². The zero-order valence-electron chi connectivity index (χ0n) is 15.0. The number of methoxy groups -OCH3 is 1. The molecule has 146 valence electrons. The summed E-state index contributed by atoms with van der Waals surface area (Å²) in [5, 5.41) is 8.02. The van der Waals surface area contributed by atoms with E-state index in [1.165, 1.54) is 7.11 Å². The second-order valence-electron chi connectivity index (χ2n) is 6.50. The minimum Gasteiger partial charge on any atom is -0.379 e. The molecule has 2 aromatic rings. The van der Waals surface area contributed by atoms with Gasteiger partial charge in [-0.25, -0.2) is 8.42 Å². The van der Waals surface area contributed by atoms with Gasteiger partial charge in [-0.1, -0.05) is 12.1 Å². The predicted molar refractivity (Wildman–Crippen MR) is 104 cm³/mol. The topological polar surface area (TPSA) is 97.4 Å². The number of carbonyl (C=O) groups is 1. The van der Waals surface area contributed by atoms with E-state index in [1.807, 2.05) is 35.7 Å². The Morgan fingerprint density at radius 3 is 2.85 bits per heavy atom. The van der Waals surface area contributed by atoms with Crippen LogP contribution in [0.3, 0.4) is 0 Å². The number of aromatic nitrogens is 1. The first-order chi connectivity index (χ1) is 13.0. The number of ether oxygens (including phenoxy) is 1. The van der Waals surface area contributed by atoms with Crippen LogP contribution in [0.4, 0.5) is 0 Å². The number of amides is 1. The van der Waals surface area contributed by atoms with Gasteiger partial charge in [0.1, 0.15) is 0 Å². The predicted octanol–water partition coefficient (Wildman–Crippen LogP) is 0.945. The number of pyridine rings is 1. The van der Waals surface area contributed by atoms with Gasteiger partial charge in [0.05, 0.1) is 35.9 Å². The molecule has 9 heteroatoms. The average molecular weight is 410 g/mol. The van der Waals surface area contributed by atoms with Crippen LogP contribution >= 0.6 is 11.3 Å². The molecular formula is C18H23N3O4S2. The largest absolute Gasteiger partial charge is 0.379 e. The highest BCUT2D eigenvalue weighted by molar-refractivity contribution is 7.91. The minimum atomic E-state index is -3.13. The van der Waals surface area contributed by atoms with E-state index < -0.39 is 15.9 Å². The lowest BCUT2D eigenvalue weighted by Crippen LogP contribution is -2.46. The van der Waals surface area contributed by atoms with E-state index in [-0.39, 0.29) is 36.0 Å². The van der Waals surface area contributed by atoms with E-state index in [0.29, 0.717) is 6.42 Å². The monoisotopic (exact) mass is 409 g/mol. The maximum atomic E-state index is 12.5. The van der Waals surface area contributed by atoms with Crippen LogP contribution in [0.1, 0.15) is 16.6 Å². The maximum Gasteiger partial charge on any atom is 0.234 e. The highest BCUT2D eigenvalue weighted by Crippen LogP contribution is 2.20. The molecule has 3 atom stereocenters. The Balaban J connectivity index is 1.61. The third kappa shape index (κ3) is 5.58. The van der Waals surface area contributed by atoms with Crippen molar-refractivity contribution >= 4 is 27.1 Å². The summed E-state index contributed by atoms with van der Waals surface area (Å²) in [6.45, 7) is 0.0216. The summed E-state index contributed by atoms with van der Waals surface area (Å²) in [4.78, 5) is 18.0. The molecule has 2 N–H and O–H groups in total. The van der Waals surface area contributed by atoms with Crippen molar-refractivity contribution in [3.63, 3.8) is 0 Å². The molecule has 0 spiro atoms. The Kier molecular flexibility index (Phi) is 6.59. The van der Waals surface area contributed by atoms with Crippen molar-refractivity contribution in [2.24, 2.45) is 0 Å². The van der Waals surface area contributed by atoms with Crippen LogP contribution in [0.5, 0.6) is 0 Å². The zero-order chi connectivity index (χ0) is 19.3. The molecule has 0 unspecified atom stereocenters. The van der Waals surface area contributed by atoms with E-state index in [9.17, 15) is 13.2 Å². The fourth-order valence-electron chi connectivity index (χ4n) is 3.15. The summed E-state index contributed by atoms with van der Waals surface area (Å²) in [6, 6.07) is 8.99. The second kappa shape index (κ2) is 8.92. The second-order valence-corrected chi connectivity index (χ2v) is 9.68. The van der Waals surface area contributed by atoms with Crippen LogP contribution in [0.2, 0.25) is 0 Å². The van der Waals surface area contributed by atoms with Crippen molar-refractivity contribution in [1.82, 2.24) is 15.6 Å². The lowest BCUT2D eigenvalue weighted by atomic mass is 10.1. The molecule has 1 saturated heterocycles. The highest BCUT2D eigenvalue weighted by Gasteiger charge is 2.37. The molecule has 2 aromatic heterocycles. The van der Waals surface area contributed by atoms with E-state index in [1.54, 1.807) is 17.5 Å². The van der Waals surface area contributed by atoms with Gasteiger partial charge in [0.25, 0.3) is 0 Å². The van der Waals surface area contributed by atoms with Crippen LogP contribution in [0, 0.1) is 0 Å². The summed E-state index contributed by atoms with van der Waals surface area (Å²) in [5.41, 5.74) is 0.789. The van der Waals surface area contributed by atoms with Gasteiger partial charge >= 0.3 is 0 Å². The lowest BCUT2D eigenvalue weighted by Gasteiger charge is -2.20. The average Bonchev–Trinajstić information content (AvgIpc) is 3.27. The van der Waals surface area contributed by atoms with Crippen molar-refractivity contribution < 1.29 is 17.9 Å². The summed E-state index contributed by atoms with van der Waals surface area (Å²) in [7, 11) is -1.65. The quantitative estimate of drug-likeness (QED) is 0.674. The number of thiophene rings is 1. The van der Waals surface area contributed by atoms with Gasteiger partial charge in [0.15, 0.2) is 9.84 Å². The van der Waals surface area contributed by atoms with Crippen molar-refractivity contribution in [1.29, 1.82) is 0 Å². The normalized spacial score (nSPS) is 22.4. The van der Waals surface area contributed by atoms with Gasteiger partial charge in [0, 0.05) is 30.6 Å². The molecule has 1 fully saturated rings. The Labute approximate surface area is 163 Å². The number of sulfone groups is 1. The number of nitrogens with one attached hydrogen (secondary N) is 2. The number of carbonyl (C=O) groups excluding carboxylic acids is 1. The van der Waals surface area contributed by atoms with Gasteiger partial charge < -0.3 is 15.4 Å². The molecule has 3 heterocycles. The van der Waals surface area contributed by atoms with Gasteiger partial charge in [-0.2, -0.15) is 0 Å². The Hall–Kier alpha value is -1.81. The third-order valence-electron chi connectivity index (χ3n) is 4.49. The SMILES string of the molecule is CO[C@@H]1CS(=O)(=O)C[C@H]1NCC(=O)N[C@H](Cc1cccs1)c1ccccn1. The van der Waals surface area contributed by atoms with Gasteiger partial charge in [-0.15, -0.1) is 11.3 Å². The molecule has 7 nitrogen and oxygen atoms in total. The third-order valence-corrected chi connectivity index (χ3v) is 7.10. The summed E-state index contributed by atoms with van der Waals surface area (Å²) in [5.74, 6) is -0.239. The van der Waals surface area contributed by atoms with Gasteiger partial charge in [-0.3, -0.25) is 9.78 Å². The molecule has 0 saturated carbocycles. The first-order valence-electron chi connectivity index (χ1n) is 8.66. The molecule has 1 amide bonds. The lowest BCUT2D eigenvalue weighted by molar-refractivity contribution is -0.121. The number of nitrogens with zero attached hydrogens (tertiary/aromatic N) is 1. The van der Waals surface area contributed by atoms with Gasteiger partial charge in [-0.05, 0) is 23.6 Å². The van der Waals surface area contributed by atoms with Crippen molar-refractivity contribution in [2.75, 3.05) is 25.2 Å². The first kappa shape index (κ1) is 19.9. The van der Waals surface area contributed by atoms with E-state index >= 15 is 0 Å². The standard InChI is InChI=1S/C18H23N3O4S2/c1-25-17-12-27(23,24)11-16(17)20-10-18(22)21-15(9-13-5-4-8-26-13)14-6-2-3-7-19-14/h2-8,15-17,20H,9-12H2,1H3,(H,21,22)/t15-,16-,17-/m1/s1. The summed E-state index contributed by atoms with van der Waals surface area (Å²) >= 11 is 1.63.